The van der Waals surface area contributed by atoms with Crippen molar-refractivity contribution in [3.8, 4) is 0 Å². The zero-order chi connectivity index (χ0) is 12.4. The highest BCUT2D eigenvalue weighted by molar-refractivity contribution is 9.10. The molecular formula is C11H14BrN3O2. The Bertz CT molecular complexity index is 440. The van der Waals surface area contributed by atoms with Gasteiger partial charge in [-0.25, -0.2) is 0 Å². The van der Waals surface area contributed by atoms with E-state index in [-0.39, 0.29) is 18.4 Å². The fourth-order valence-electron chi connectivity index (χ4n) is 1.49. The van der Waals surface area contributed by atoms with Crippen molar-refractivity contribution in [1.82, 2.24) is 15.2 Å². The van der Waals surface area contributed by atoms with Crippen molar-refractivity contribution >= 4 is 27.7 Å². The van der Waals surface area contributed by atoms with E-state index >= 15 is 0 Å². The molecule has 2 rings (SSSR count). The molecule has 1 aliphatic carbocycles. The molecule has 1 fully saturated rings. The van der Waals surface area contributed by atoms with Crippen LogP contribution in [0.15, 0.2) is 16.7 Å². The van der Waals surface area contributed by atoms with Crippen molar-refractivity contribution in [2.24, 2.45) is 0 Å². The summed E-state index contributed by atoms with van der Waals surface area (Å²) in [6, 6.07) is 2.02. The average Bonchev–Trinajstić information content (AvgIpc) is 2.96. The van der Waals surface area contributed by atoms with Gasteiger partial charge in [-0.1, -0.05) is 0 Å². The van der Waals surface area contributed by atoms with Crippen molar-refractivity contribution in [2.75, 3.05) is 13.6 Å². The van der Waals surface area contributed by atoms with E-state index < -0.39 is 0 Å². The van der Waals surface area contributed by atoms with E-state index in [2.05, 4.69) is 26.2 Å². The van der Waals surface area contributed by atoms with Gasteiger partial charge in [0, 0.05) is 23.8 Å². The molecule has 92 valence electrons. The van der Waals surface area contributed by atoms with Crippen LogP contribution < -0.4 is 5.32 Å². The lowest BCUT2D eigenvalue weighted by Crippen LogP contribution is -2.39. The van der Waals surface area contributed by atoms with Crippen LogP contribution in [0.3, 0.4) is 0 Å². The number of rotatable bonds is 4. The molecule has 1 aromatic rings. The topological polar surface area (TPSA) is 65.2 Å². The number of nitrogens with zero attached hydrogens (tertiary/aromatic N) is 1. The summed E-state index contributed by atoms with van der Waals surface area (Å²) in [5.41, 5.74) is 0.471. The lowest BCUT2D eigenvalue weighted by molar-refractivity contribution is -0.121. The second-order valence-corrected chi connectivity index (χ2v) is 5.15. The summed E-state index contributed by atoms with van der Waals surface area (Å²) < 4.78 is 0.816. The van der Waals surface area contributed by atoms with Crippen LogP contribution in [0.25, 0.3) is 0 Å². The molecule has 1 aliphatic rings. The van der Waals surface area contributed by atoms with Gasteiger partial charge in [-0.2, -0.15) is 0 Å². The molecule has 0 spiro atoms. The first kappa shape index (κ1) is 12.2. The van der Waals surface area contributed by atoms with E-state index in [4.69, 9.17) is 0 Å². The number of aromatic amines is 1. The molecule has 0 aliphatic heterocycles. The van der Waals surface area contributed by atoms with Crippen LogP contribution in [-0.2, 0) is 4.79 Å². The third-order valence-corrected chi connectivity index (χ3v) is 3.01. The monoisotopic (exact) mass is 299 g/mol. The van der Waals surface area contributed by atoms with E-state index in [1.807, 2.05) is 0 Å². The zero-order valence-electron chi connectivity index (χ0n) is 9.50. The van der Waals surface area contributed by atoms with Gasteiger partial charge in [0.25, 0.3) is 5.91 Å². The van der Waals surface area contributed by atoms with Gasteiger partial charge >= 0.3 is 0 Å². The van der Waals surface area contributed by atoms with Gasteiger partial charge < -0.3 is 15.2 Å². The number of carbonyl (C=O) groups excluding carboxylic acids is 2. The van der Waals surface area contributed by atoms with E-state index in [1.165, 1.54) is 4.90 Å². The lowest BCUT2D eigenvalue weighted by atomic mass is 10.3. The molecule has 17 heavy (non-hydrogen) atoms. The Morgan fingerprint density at radius 1 is 1.59 bits per heavy atom. The number of hydrogen-bond donors (Lipinski definition) is 2. The van der Waals surface area contributed by atoms with Gasteiger partial charge in [0.2, 0.25) is 5.91 Å². The summed E-state index contributed by atoms with van der Waals surface area (Å²) in [7, 11) is 1.61. The molecule has 0 atom stereocenters. The summed E-state index contributed by atoms with van der Waals surface area (Å²) in [5.74, 6) is -0.296. The van der Waals surface area contributed by atoms with Gasteiger partial charge in [0.15, 0.2) is 0 Å². The minimum absolute atomic E-state index is 0.0893. The Balaban J connectivity index is 1.88. The lowest BCUT2D eigenvalue weighted by Gasteiger charge is -2.15. The molecule has 1 aromatic heterocycles. The molecule has 0 bridgehead atoms. The molecule has 1 saturated carbocycles. The first-order valence-corrected chi connectivity index (χ1v) is 6.24. The normalized spacial score (nSPS) is 14.5. The Morgan fingerprint density at radius 2 is 2.29 bits per heavy atom. The number of nitrogens with one attached hydrogen (secondary N) is 2. The number of hydrogen-bond acceptors (Lipinski definition) is 2. The number of likely N-dealkylation sites (N-methyl/N-ethyl adjacent to an activating group) is 1. The quantitative estimate of drug-likeness (QED) is 0.875. The van der Waals surface area contributed by atoms with E-state index in [9.17, 15) is 9.59 Å². The molecule has 5 nitrogen and oxygen atoms in total. The molecule has 0 unspecified atom stereocenters. The minimum Gasteiger partial charge on any atom is -0.356 e. The SMILES string of the molecule is CN(CC(=O)NC1CC1)C(=O)c1cc(Br)c[nH]1. The maximum Gasteiger partial charge on any atom is 0.270 e. The van der Waals surface area contributed by atoms with Gasteiger partial charge in [0.1, 0.15) is 5.69 Å². The zero-order valence-corrected chi connectivity index (χ0v) is 11.1. The van der Waals surface area contributed by atoms with Crippen LogP contribution in [0.1, 0.15) is 23.3 Å². The van der Waals surface area contributed by atoms with Crippen LogP contribution in [-0.4, -0.2) is 41.3 Å². The maximum atomic E-state index is 11.9. The summed E-state index contributed by atoms with van der Waals surface area (Å²) in [6.45, 7) is 0.0893. The standard InChI is InChI=1S/C11H14BrN3O2/c1-15(6-10(16)14-8-2-3-8)11(17)9-4-7(12)5-13-9/h4-5,8,13H,2-3,6H2,1H3,(H,14,16). The first-order chi connectivity index (χ1) is 8.06. The molecule has 0 saturated heterocycles. The highest BCUT2D eigenvalue weighted by atomic mass is 79.9. The number of H-pyrrole nitrogens is 1. The largest absolute Gasteiger partial charge is 0.356 e. The highest BCUT2D eigenvalue weighted by Gasteiger charge is 2.24. The minimum atomic E-state index is -0.193. The number of aromatic nitrogens is 1. The van der Waals surface area contributed by atoms with E-state index in [0.29, 0.717) is 11.7 Å². The Morgan fingerprint density at radius 3 is 2.82 bits per heavy atom. The molecule has 1 heterocycles. The summed E-state index contributed by atoms with van der Waals surface area (Å²) in [4.78, 5) is 27.7. The number of halogens is 1. The van der Waals surface area contributed by atoms with Crippen LogP contribution in [0.4, 0.5) is 0 Å². The number of carbonyl (C=O) groups is 2. The predicted molar refractivity (Wildman–Crippen MR) is 66.6 cm³/mol. The molecular weight excluding hydrogens is 286 g/mol. The smallest absolute Gasteiger partial charge is 0.270 e. The van der Waals surface area contributed by atoms with E-state index in [0.717, 1.165) is 17.3 Å². The third kappa shape index (κ3) is 3.33. The van der Waals surface area contributed by atoms with Crippen LogP contribution in [0, 0.1) is 0 Å². The second-order valence-electron chi connectivity index (χ2n) is 4.23. The van der Waals surface area contributed by atoms with Crippen LogP contribution >= 0.6 is 15.9 Å². The fourth-order valence-corrected chi connectivity index (χ4v) is 1.83. The van der Waals surface area contributed by atoms with Crippen molar-refractivity contribution in [3.63, 3.8) is 0 Å². The molecule has 2 N–H and O–H groups in total. The second kappa shape index (κ2) is 4.91. The maximum absolute atomic E-state index is 11.9. The van der Waals surface area contributed by atoms with Crippen molar-refractivity contribution in [3.05, 3.63) is 22.4 Å². The Hall–Kier alpha value is -1.30. The molecule has 2 amide bonds. The fraction of sp³-hybridized carbons (Fsp3) is 0.455. The van der Waals surface area contributed by atoms with Gasteiger partial charge in [-0.05, 0) is 34.8 Å². The van der Waals surface area contributed by atoms with Gasteiger partial charge in [-0.3, -0.25) is 9.59 Å². The summed E-state index contributed by atoms with van der Waals surface area (Å²) in [5, 5.41) is 2.84. The third-order valence-electron chi connectivity index (χ3n) is 2.55. The highest BCUT2D eigenvalue weighted by Crippen LogP contribution is 2.18. The van der Waals surface area contributed by atoms with Crippen molar-refractivity contribution in [2.45, 2.75) is 18.9 Å². The number of amides is 2. The average molecular weight is 300 g/mol. The van der Waals surface area contributed by atoms with Crippen LogP contribution in [0.5, 0.6) is 0 Å². The first-order valence-electron chi connectivity index (χ1n) is 5.45. The van der Waals surface area contributed by atoms with Gasteiger partial charge in [-0.15, -0.1) is 0 Å². The summed E-state index contributed by atoms with van der Waals surface area (Å²) >= 11 is 3.26. The predicted octanol–water partition coefficient (Wildman–Crippen LogP) is 1.13. The Labute approximate surface area is 108 Å². The van der Waals surface area contributed by atoms with Crippen molar-refractivity contribution < 1.29 is 9.59 Å². The van der Waals surface area contributed by atoms with Gasteiger partial charge in [0.05, 0.1) is 6.54 Å². The van der Waals surface area contributed by atoms with Crippen LogP contribution in [0.2, 0.25) is 0 Å². The Kier molecular flexibility index (Phi) is 3.51. The van der Waals surface area contributed by atoms with Crippen molar-refractivity contribution in [1.29, 1.82) is 0 Å². The molecule has 0 aromatic carbocycles. The summed E-state index contributed by atoms with van der Waals surface area (Å²) in [6.07, 6.45) is 3.78. The van der Waals surface area contributed by atoms with E-state index in [1.54, 1.807) is 19.3 Å². The molecule has 6 heteroatoms. The molecule has 0 radical (unpaired) electrons.